The molecule has 0 atom stereocenters. The smallest absolute Gasteiger partial charge is 0.164 e. The molecule has 0 aliphatic carbocycles. The minimum absolute atomic E-state index is 0.645. The zero-order valence-electron chi connectivity index (χ0n) is 9.58. The van der Waals surface area contributed by atoms with Crippen LogP contribution in [0.1, 0.15) is 30.1 Å². The van der Waals surface area contributed by atoms with Crippen molar-refractivity contribution in [1.82, 2.24) is 20.5 Å². The van der Waals surface area contributed by atoms with Crippen LogP contribution >= 0.6 is 0 Å². The average molecular weight is 220 g/mol. The van der Waals surface area contributed by atoms with E-state index in [4.69, 9.17) is 4.42 Å². The quantitative estimate of drug-likeness (QED) is 0.802. The van der Waals surface area contributed by atoms with E-state index in [1.807, 2.05) is 19.1 Å². The van der Waals surface area contributed by atoms with Crippen LogP contribution in [0.15, 0.2) is 16.5 Å². The van der Waals surface area contributed by atoms with Gasteiger partial charge in [-0.1, -0.05) is 6.92 Å². The summed E-state index contributed by atoms with van der Waals surface area (Å²) in [7, 11) is 0. The molecule has 0 spiro atoms. The lowest BCUT2D eigenvalue weighted by Gasteiger charge is -1.98. The summed E-state index contributed by atoms with van der Waals surface area (Å²) >= 11 is 0. The van der Waals surface area contributed by atoms with Gasteiger partial charge in [0.15, 0.2) is 5.82 Å². The first-order valence-electron chi connectivity index (χ1n) is 5.44. The van der Waals surface area contributed by atoms with Crippen LogP contribution < -0.4 is 5.32 Å². The second kappa shape index (κ2) is 4.94. The molecule has 0 bridgehead atoms. The normalized spacial score (nSPS) is 10.9. The summed E-state index contributed by atoms with van der Waals surface area (Å²) < 4.78 is 5.56. The van der Waals surface area contributed by atoms with Gasteiger partial charge in [-0.2, -0.15) is 5.10 Å². The molecule has 0 radical (unpaired) electrons. The van der Waals surface area contributed by atoms with Crippen LogP contribution in [0.2, 0.25) is 0 Å². The van der Waals surface area contributed by atoms with Crippen molar-refractivity contribution in [3.05, 3.63) is 35.3 Å². The Balaban J connectivity index is 1.79. The molecule has 0 amide bonds. The van der Waals surface area contributed by atoms with Crippen molar-refractivity contribution >= 4 is 0 Å². The topological polar surface area (TPSA) is 66.7 Å². The summed E-state index contributed by atoms with van der Waals surface area (Å²) in [6, 6.07) is 4.00. The Kier molecular flexibility index (Phi) is 3.36. The fraction of sp³-hybridized carbons (Fsp3) is 0.455. The molecule has 5 nitrogen and oxygen atoms in total. The summed E-state index contributed by atoms with van der Waals surface area (Å²) in [6.07, 6.45) is 0.931. The number of hydrogen-bond acceptors (Lipinski definition) is 4. The lowest BCUT2D eigenvalue weighted by Crippen LogP contribution is -2.13. The second-order valence-corrected chi connectivity index (χ2v) is 3.66. The number of hydrogen-bond donors (Lipinski definition) is 2. The number of furan rings is 1. The van der Waals surface area contributed by atoms with E-state index in [0.717, 1.165) is 29.6 Å². The van der Waals surface area contributed by atoms with Crippen molar-refractivity contribution in [3.8, 4) is 0 Å². The highest BCUT2D eigenvalue weighted by atomic mass is 16.3. The SMILES string of the molecule is CCc1ccc(CNCc2n[nH]c(C)n2)o1. The third-order valence-electron chi connectivity index (χ3n) is 2.29. The fourth-order valence-electron chi connectivity index (χ4n) is 1.47. The van der Waals surface area contributed by atoms with Crippen LogP contribution in [0.3, 0.4) is 0 Å². The Morgan fingerprint density at radius 3 is 2.75 bits per heavy atom. The van der Waals surface area contributed by atoms with Crippen LogP contribution in [0.4, 0.5) is 0 Å². The van der Waals surface area contributed by atoms with Crippen LogP contribution in [0.25, 0.3) is 0 Å². The van der Waals surface area contributed by atoms with Gasteiger partial charge in [0, 0.05) is 6.42 Å². The molecule has 2 aromatic rings. The third-order valence-corrected chi connectivity index (χ3v) is 2.29. The number of nitrogens with zero attached hydrogens (tertiary/aromatic N) is 2. The van der Waals surface area contributed by atoms with E-state index < -0.39 is 0 Å². The summed E-state index contributed by atoms with van der Waals surface area (Å²) in [4.78, 5) is 4.20. The van der Waals surface area contributed by atoms with Gasteiger partial charge >= 0.3 is 0 Å². The monoisotopic (exact) mass is 220 g/mol. The molecule has 0 aliphatic heterocycles. The molecule has 5 heteroatoms. The average Bonchev–Trinajstić information content (AvgIpc) is 2.88. The van der Waals surface area contributed by atoms with Crippen molar-refractivity contribution in [2.75, 3.05) is 0 Å². The standard InChI is InChI=1S/C11H16N4O/c1-3-9-4-5-10(16-9)6-12-7-11-13-8(2)14-15-11/h4-5,12H,3,6-7H2,1-2H3,(H,13,14,15). The molecule has 2 N–H and O–H groups in total. The largest absolute Gasteiger partial charge is 0.465 e. The summed E-state index contributed by atoms with van der Waals surface area (Å²) in [5, 5.41) is 10.1. The molecule has 0 aromatic carbocycles. The van der Waals surface area contributed by atoms with Crippen LogP contribution in [0, 0.1) is 6.92 Å². The maximum Gasteiger partial charge on any atom is 0.164 e. The summed E-state index contributed by atoms with van der Waals surface area (Å²) in [5.41, 5.74) is 0. The summed E-state index contributed by atoms with van der Waals surface area (Å²) in [5.74, 6) is 3.58. The van der Waals surface area contributed by atoms with Gasteiger partial charge in [-0.05, 0) is 19.1 Å². The van der Waals surface area contributed by atoms with Gasteiger partial charge in [0.2, 0.25) is 0 Å². The first-order chi connectivity index (χ1) is 7.78. The number of nitrogens with one attached hydrogen (secondary N) is 2. The van der Waals surface area contributed by atoms with Crippen LogP contribution in [-0.4, -0.2) is 15.2 Å². The predicted molar refractivity (Wildman–Crippen MR) is 59.7 cm³/mol. The van der Waals surface area contributed by atoms with Crippen molar-refractivity contribution < 1.29 is 4.42 Å². The molecular formula is C11H16N4O. The zero-order chi connectivity index (χ0) is 11.4. The van der Waals surface area contributed by atoms with Gasteiger partial charge in [-0.25, -0.2) is 4.98 Å². The van der Waals surface area contributed by atoms with E-state index >= 15 is 0 Å². The predicted octanol–water partition coefficient (Wildman–Crippen LogP) is 1.56. The van der Waals surface area contributed by atoms with E-state index in [0.29, 0.717) is 13.1 Å². The molecule has 0 saturated carbocycles. The van der Waals surface area contributed by atoms with Crippen molar-refractivity contribution in [1.29, 1.82) is 0 Å². The van der Waals surface area contributed by atoms with Gasteiger partial charge < -0.3 is 9.73 Å². The number of H-pyrrole nitrogens is 1. The van der Waals surface area contributed by atoms with Crippen molar-refractivity contribution in [2.24, 2.45) is 0 Å². The second-order valence-electron chi connectivity index (χ2n) is 3.66. The Morgan fingerprint density at radius 2 is 2.12 bits per heavy atom. The molecule has 2 heterocycles. The number of aryl methyl sites for hydroxylation is 2. The maximum absolute atomic E-state index is 5.56. The molecule has 2 aromatic heterocycles. The molecular weight excluding hydrogens is 204 g/mol. The van der Waals surface area contributed by atoms with E-state index in [1.165, 1.54) is 0 Å². The Hall–Kier alpha value is -1.62. The molecule has 86 valence electrons. The first kappa shape index (κ1) is 10.9. The minimum Gasteiger partial charge on any atom is -0.465 e. The molecule has 2 rings (SSSR count). The van der Waals surface area contributed by atoms with Gasteiger partial charge in [0.25, 0.3) is 0 Å². The lowest BCUT2D eigenvalue weighted by molar-refractivity contribution is 0.449. The van der Waals surface area contributed by atoms with Gasteiger partial charge in [-0.3, -0.25) is 5.10 Å². The third kappa shape index (κ3) is 2.70. The van der Waals surface area contributed by atoms with Crippen LogP contribution in [0.5, 0.6) is 0 Å². The van der Waals surface area contributed by atoms with Crippen molar-refractivity contribution in [3.63, 3.8) is 0 Å². The highest BCUT2D eigenvalue weighted by Crippen LogP contribution is 2.07. The number of rotatable bonds is 5. The van der Waals surface area contributed by atoms with Gasteiger partial charge in [0.1, 0.15) is 17.3 Å². The molecule has 0 fully saturated rings. The van der Waals surface area contributed by atoms with E-state index in [1.54, 1.807) is 0 Å². The van der Waals surface area contributed by atoms with E-state index in [9.17, 15) is 0 Å². The highest BCUT2D eigenvalue weighted by molar-refractivity contribution is 5.06. The Labute approximate surface area is 94.3 Å². The summed E-state index contributed by atoms with van der Waals surface area (Å²) in [6.45, 7) is 5.31. The van der Waals surface area contributed by atoms with Gasteiger partial charge in [0.05, 0.1) is 13.1 Å². The lowest BCUT2D eigenvalue weighted by atomic mass is 10.3. The minimum atomic E-state index is 0.645. The molecule has 0 saturated heterocycles. The molecule has 16 heavy (non-hydrogen) atoms. The zero-order valence-corrected chi connectivity index (χ0v) is 9.58. The van der Waals surface area contributed by atoms with Crippen molar-refractivity contribution in [2.45, 2.75) is 33.4 Å². The highest BCUT2D eigenvalue weighted by Gasteiger charge is 2.02. The Bertz CT molecular complexity index is 446. The molecule has 0 unspecified atom stereocenters. The van der Waals surface area contributed by atoms with Gasteiger partial charge in [-0.15, -0.1) is 0 Å². The Morgan fingerprint density at radius 1 is 1.31 bits per heavy atom. The fourth-order valence-corrected chi connectivity index (χ4v) is 1.47. The number of aromatic nitrogens is 3. The van der Waals surface area contributed by atoms with Crippen LogP contribution in [-0.2, 0) is 19.5 Å². The van der Waals surface area contributed by atoms with E-state index in [2.05, 4.69) is 27.4 Å². The van der Waals surface area contributed by atoms with E-state index in [-0.39, 0.29) is 0 Å². The maximum atomic E-state index is 5.56. The number of aromatic amines is 1. The first-order valence-corrected chi connectivity index (χ1v) is 5.44. The molecule has 0 aliphatic rings.